The first-order valence-electron chi connectivity index (χ1n) is 5.50. The highest BCUT2D eigenvalue weighted by molar-refractivity contribution is 7.80. The van der Waals surface area contributed by atoms with Gasteiger partial charge in [-0.3, -0.25) is 4.79 Å². The van der Waals surface area contributed by atoms with Gasteiger partial charge >= 0.3 is 5.97 Å². The lowest BCUT2D eigenvalue weighted by atomic mass is 9.79. The summed E-state index contributed by atoms with van der Waals surface area (Å²) in [7, 11) is 0. The number of hydrogen-bond donors (Lipinski definition) is 3. The molecule has 0 aromatic heterocycles. The third-order valence-electron chi connectivity index (χ3n) is 2.49. The first-order chi connectivity index (χ1) is 7.27. The van der Waals surface area contributed by atoms with Crippen molar-refractivity contribution in [2.45, 2.75) is 34.1 Å². The van der Waals surface area contributed by atoms with Crippen LogP contribution in [-0.2, 0) is 4.79 Å². The van der Waals surface area contributed by atoms with Crippen LogP contribution in [0.4, 0.5) is 0 Å². The van der Waals surface area contributed by atoms with E-state index in [2.05, 4.69) is 10.6 Å². The van der Waals surface area contributed by atoms with Gasteiger partial charge in [0.2, 0.25) is 0 Å². The molecule has 0 aliphatic heterocycles. The van der Waals surface area contributed by atoms with Crippen LogP contribution in [-0.4, -0.2) is 29.3 Å². The Kier molecular flexibility index (Phi) is 6.33. The Labute approximate surface area is 103 Å². The predicted octanol–water partition coefficient (Wildman–Crippen LogP) is 1.61. The van der Waals surface area contributed by atoms with Crippen molar-refractivity contribution in [1.82, 2.24) is 10.6 Å². The van der Waals surface area contributed by atoms with Crippen molar-refractivity contribution < 1.29 is 9.90 Å². The van der Waals surface area contributed by atoms with Gasteiger partial charge in [0, 0.05) is 13.1 Å². The molecule has 0 aliphatic rings. The minimum Gasteiger partial charge on any atom is -0.481 e. The minimum atomic E-state index is -0.768. The number of nitrogens with one attached hydrogen (secondary N) is 2. The van der Waals surface area contributed by atoms with Crippen LogP contribution in [0.5, 0.6) is 0 Å². The fourth-order valence-corrected chi connectivity index (χ4v) is 1.56. The molecule has 0 aromatic rings. The lowest BCUT2D eigenvalue weighted by molar-refractivity contribution is -0.139. The number of hydrogen-bond acceptors (Lipinski definition) is 2. The monoisotopic (exact) mass is 246 g/mol. The van der Waals surface area contributed by atoms with Crippen LogP contribution in [0, 0.1) is 11.3 Å². The summed E-state index contributed by atoms with van der Waals surface area (Å²) in [6, 6.07) is 0. The molecular formula is C11H22N2O2S. The molecule has 0 fully saturated rings. The van der Waals surface area contributed by atoms with Crippen molar-refractivity contribution in [3.05, 3.63) is 0 Å². The van der Waals surface area contributed by atoms with E-state index in [1.165, 1.54) is 0 Å². The number of carbonyl (C=O) groups is 1. The zero-order valence-electron chi connectivity index (χ0n) is 10.5. The van der Waals surface area contributed by atoms with Gasteiger partial charge in [-0.1, -0.05) is 20.8 Å². The fourth-order valence-electron chi connectivity index (χ4n) is 1.33. The van der Waals surface area contributed by atoms with Gasteiger partial charge in [0.15, 0.2) is 5.11 Å². The molecular weight excluding hydrogens is 224 g/mol. The summed E-state index contributed by atoms with van der Waals surface area (Å²) in [6.45, 7) is 9.44. The van der Waals surface area contributed by atoms with Crippen molar-refractivity contribution in [2.75, 3.05) is 13.1 Å². The summed E-state index contributed by atoms with van der Waals surface area (Å²) in [4.78, 5) is 10.8. The van der Waals surface area contributed by atoms with Gasteiger partial charge in [-0.05, 0) is 30.5 Å². The molecule has 0 saturated heterocycles. The Bertz CT molecular complexity index is 249. The number of aliphatic carboxylic acids is 1. The van der Waals surface area contributed by atoms with Crippen LogP contribution in [0.15, 0.2) is 0 Å². The highest BCUT2D eigenvalue weighted by Crippen LogP contribution is 2.28. The van der Waals surface area contributed by atoms with Gasteiger partial charge in [-0.15, -0.1) is 0 Å². The van der Waals surface area contributed by atoms with Crippen molar-refractivity contribution in [2.24, 2.45) is 11.3 Å². The molecule has 3 N–H and O–H groups in total. The van der Waals surface area contributed by atoms with Gasteiger partial charge in [-0.2, -0.15) is 0 Å². The van der Waals surface area contributed by atoms with Gasteiger partial charge in [0.1, 0.15) is 0 Å². The van der Waals surface area contributed by atoms with Crippen LogP contribution in [0.2, 0.25) is 0 Å². The third kappa shape index (κ3) is 6.61. The van der Waals surface area contributed by atoms with E-state index in [-0.39, 0.29) is 17.8 Å². The Morgan fingerprint density at radius 2 is 1.94 bits per heavy atom. The normalized spacial score (nSPS) is 13.0. The van der Waals surface area contributed by atoms with E-state index in [9.17, 15) is 4.79 Å². The SMILES string of the molecule is CCNC(=S)NCC(CC(=O)O)C(C)(C)C. The molecule has 16 heavy (non-hydrogen) atoms. The molecule has 94 valence electrons. The first-order valence-corrected chi connectivity index (χ1v) is 5.91. The number of carboxylic acids is 1. The van der Waals surface area contributed by atoms with E-state index < -0.39 is 5.97 Å². The van der Waals surface area contributed by atoms with Crippen molar-refractivity contribution in [1.29, 1.82) is 0 Å². The van der Waals surface area contributed by atoms with Crippen LogP contribution in [0.1, 0.15) is 34.1 Å². The van der Waals surface area contributed by atoms with Crippen LogP contribution in [0.25, 0.3) is 0 Å². The summed E-state index contributed by atoms with van der Waals surface area (Å²) in [5.74, 6) is -0.710. The van der Waals surface area contributed by atoms with Gasteiger partial charge in [0.25, 0.3) is 0 Å². The maximum Gasteiger partial charge on any atom is 0.303 e. The van der Waals surface area contributed by atoms with E-state index in [0.717, 1.165) is 6.54 Å². The molecule has 0 radical (unpaired) electrons. The highest BCUT2D eigenvalue weighted by atomic mass is 32.1. The van der Waals surface area contributed by atoms with E-state index in [0.29, 0.717) is 11.7 Å². The molecule has 4 nitrogen and oxygen atoms in total. The molecule has 0 spiro atoms. The lowest BCUT2D eigenvalue weighted by Gasteiger charge is -2.30. The summed E-state index contributed by atoms with van der Waals surface area (Å²) in [5, 5.41) is 15.5. The molecule has 0 rings (SSSR count). The standard InChI is InChI=1S/C11H22N2O2S/c1-5-12-10(16)13-7-8(6-9(14)15)11(2,3)4/h8H,5-7H2,1-4H3,(H,14,15)(H2,12,13,16). The van der Waals surface area contributed by atoms with Crippen LogP contribution < -0.4 is 10.6 Å². The zero-order valence-corrected chi connectivity index (χ0v) is 11.3. The largest absolute Gasteiger partial charge is 0.481 e. The highest BCUT2D eigenvalue weighted by Gasteiger charge is 2.26. The Morgan fingerprint density at radius 3 is 2.31 bits per heavy atom. The molecule has 5 heteroatoms. The van der Waals surface area contributed by atoms with Gasteiger partial charge < -0.3 is 15.7 Å². The van der Waals surface area contributed by atoms with E-state index in [1.807, 2.05) is 27.7 Å². The van der Waals surface area contributed by atoms with Crippen LogP contribution in [0.3, 0.4) is 0 Å². The lowest BCUT2D eigenvalue weighted by Crippen LogP contribution is -2.41. The predicted molar refractivity (Wildman–Crippen MR) is 69.5 cm³/mol. The summed E-state index contributed by atoms with van der Waals surface area (Å²) in [6.07, 6.45) is 0.158. The minimum absolute atomic E-state index is 0.0484. The zero-order chi connectivity index (χ0) is 12.8. The summed E-state index contributed by atoms with van der Waals surface area (Å²) in [5.41, 5.74) is -0.0484. The smallest absolute Gasteiger partial charge is 0.303 e. The summed E-state index contributed by atoms with van der Waals surface area (Å²) < 4.78 is 0. The Balaban J connectivity index is 4.23. The molecule has 0 aromatic carbocycles. The maximum absolute atomic E-state index is 10.8. The van der Waals surface area contributed by atoms with Crippen molar-refractivity contribution >= 4 is 23.3 Å². The molecule has 0 heterocycles. The fraction of sp³-hybridized carbons (Fsp3) is 0.818. The quantitative estimate of drug-likeness (QED) is 0.643. The average molecular weight is 246 g/mol. The number of thiocarbonyl (C=S) groups is 1. The Morgan fingerprint density at radius 1 is 1.38 bits per heavy atom. The second kappa shape index (κ2) is 6.68. The van der Waals surface area contributed by atoms with Crippen molar-refractivity contribution in [3.63, 3.8) is 0 Å². The molecule has 1 atom stereocenters. The number of carboxylic acid groups (broad SMARTS) is 1. The van der Waals surface area contributed by atoms with Crippen LogP contribution >= 0.6 is 12.2 Å². The second-order valence-corrected chi connectivity index (χ2v) is 5.31. The molecule has 0 saturated carbocycles. The topological polar surface area (TPSA) is 61.4 Å². The van der Waals surface area contributed by atoms with E-state index in [4.69, 9.17) is 17.3 Å². The molecule has 0 aliphatic carbocycles. The maximum atomic E-state index is 10.8. The van der Waals surface area contributed by atoms with E-state index >= 15 is 0 Å². The third-order valence-corrected chi connectivity index (χ3v) is 2.78. The Hall–Kier alpha value is -0.840. The van der Waals surface area contributed by atoms with E-state index in [1.54, 1.807) is 0 Å². The first kappa shape index (κ1) is 15.2. The van der Waals surface area contributed by atoms with Gasteiger partial charge in [0.05, 0.1) is 6.42 Å². The van der Waals surface area contributed by atoms with Crippen molar-refractivity contribution in [3.8, 4) is 0 Å². The second-order valence-electron chi connectivity index (χ2n) is 4.90. The number of rotatable bonds is 5. The molecule has 1 unspecified atom stereocenters. The molecule has 0 bridgehead atoms. The molecule has 0 amide bonds. The summed E-state index contributed by atoms with van der Waals surface area (Å²) >= 11 is 5.04. The average Bonchev–Trinajstić information content (AvgIpc) is 2.10. The van der Waals surface area contributed by atoms with Gasteiger partial charge in [-0.25, -0.2) is 0 Å².